The number of nitrogens with zero attached hydrogens (tertiary/aromatic N) is 1. The van der Waals surface area contributed by atoms with Crippen molar-refractivity contribution in [3.8, 4) is 6.07 Å². The number of carbonyl (C=O) groups is 1. The van der Waals surface area contributed by atoms with Crippen LogP contribution < -0.4 is 5.32 Å². The lowest BCUT2D eigenvalue weighted by Crippen LogP contribution is -2.14. The van der Waals surface area contributed by atoms with E-state index in [0.29, 0.717) is 17.7 Å². The topological polar surface area (TPSA) is 52.9 Å². The predicted molar refractivity (Wildman–Crippen MR) is 77.6 cm³/mol. The molecule has 0 aliphatic carbocycles. The highest BCUT2D eigenvalue weighted by atomic mass is 79.9. The van der Waals surface area contributed by atoms with Gasteiger partial charge in [-0.1, -0.05) is 28.1 Å². The molecule has 19 heavy (non-hydrogen) atoms. The highest BCUT2D eigenvalue weighted by Crippen LogP contribution is 2.12. The van der Waals surface area contributed by atoms with Crippen LogP contribution in [0.4, 0.5) is 5.69 Å². The number of rotatable bonds is 3. The summed E-state index contributed by atoms with van der Waals surface area (Å²) in [4.78, 5) is 11.8. The highest BCUT2D eigenvalue weighted by molar-refractivity contribution is 9.10. The normalized spacial score (nSPS) is 9.68. The molecule has 0 saturated heterocycles. The minimum Gasteiger partial charge on any atom is -0.326 e. The molecule has 0 aliphatic rings. The van der Waals surface area contributed by atoms with E-state index in [4.69, 9.17) is 5.26 Å². The van der Waals surface area contributed by atoms with Crippen LogP contribution in [0.2, 0.25) is 0 Å². The maximum atomic E-state index is 11.8. The third-order valence-electron chi connectivity index (χ3n) is 2.58. The van der Waals surface area contributed by atoms with Gasteiger partial charge in [0.25, 0.3) is 0 Å². The van der Waals surface area contributed by atoms with Gasteiger partial charge < -0.3 is 5.32 Å². The molecule has 0 radical (unpaired) electrons. The van der Waals surface area contributed by atoms with Crippen molar-refractivity contribution < 1.29 is 4.79 Å². The van der Waals surface area contributed by atoms with Crippen molar-refractivity contribution in [1.29, 1.82) is 5.26 Å². The molecule has 3 nitrogen and oxygen atoms in total. The van der Waals surface area contributed by atoms with E-state index in [-0.39, 0.29) is 5.91 Å². The van der Waals surface area contributed by atoms with Crippen LogP contribution in [-0.4, -0.2) is 5.91 Å². The van der Waals surface area contributed by atoms with Crippen molar-refractivity contribution in [3.05, 3.63) is 64.1 Å². The minimum absolute atomic E-state index is 0.0768. The molecule has 0 spiro atoms. The Labute approximate surface area is 120 Å². The average molecular weight is 315 g/mol. The van der Waals surface area contributed by atoms with Gasteiger partial charge in [0.15, 0.2) is 0 Å². The Morgan fingerprint density at radius 3 is 2.32 bits per heavy atom. The molecule has 2 rings (SSSR count). The van der Waals surface area contributed by atoms with Crippen molar-refractivity contribution in [2.45, 2.75) is 6.42 Å². The smallest absolute Gasteiger partial charge is 0.228 e. The molecule has 0 fully saturated rings. The van der Waals surface area contributed by atoms with Gasteiger partial charge in [-0.15, -0.1) is 0 Å². The molecule has 4 heteroatoms. The van der Waals surface area contributed by atoms with E-state index in [1.165, 1.54) is 0 Å². The molecule has 94 valence electrons. The zero-order valence-corrected chi connectivity index (χ0v) is 11.6. The van der Waals surface area contributed by atoms with Gasteiger partial charge in [-0.25, -0.2) is 0 Å². The zero-order valence-electron chi connectivity index (χ0n) is 10.1. The van der Waals surface area contributed by atoms with E-state index in [0.717, 1.165) is 10.0 Å². The van der Waals surface area contributed by atoms with Gasteiger partial charge in [-0.05, 0) is 42.0 Å². The van der Waals surface area contributed by atoms with Crippen LogP contribution in [0.25, 0.3) is 0 Å². The van der Waals surface area contributed by atoms with Crippen molar-refractivity contribution in [1.82, 2.24) is 0 Å². The van der Waals surface area contributed by atoms with E-state index >= 15 is 0 Å². The number of hydrogen-bond donors (Lipinski definition) is 1. The number of amides is 1. The van der Waals surface area contributed by atoms with Crippen LogP contribution in [0.15, 0.2) is 53.0 Å². The lowest BCUT2D eigenvalue weighted by Gasteiger charge is -2.05. The first kappa shape index (κ1) is 13.3. The van der Waals surface area contributed by atoms with Crippen LogP contribution in [-0.2, 0) is 11.2 Å². The van der Waals surface area contributed by atoms with Crippen molar-refractivity contribution >= 4 is 27.5 Å². The lowest BCUT2D eigenvalue weighted by molar-refractivity contribution is -0.115. The fourth-order valence-corrected chi connectivity index (χ4v) is 1.89. The molecule has 0 saturated carbocycles. The third-order valence-corrected chi connectivity index (χ3v) is 3.10. The molecule has 2 aromatic carbocycles. The van der Waals surface area contributed by atoms with Gasteiger partial charge in [0.2, 0.25) is 5.91 Å². The zero-order chi connectivity index (χ0) is 13.7. The summed E-state index contributed by atoms with van der Waals surface area (Å²) in [5.41, 5.74) is 2.22. The van der Waals surface area contributed by atoms with Gasteiger partial charge in [-0.3, -0.25) is 4.79 Å². The van der Waals surface area contributed by atoms with Gasteiger partial charge in [-0.2, -0.15) is 5.26 Å². The minimum atomic E-state index is -0.0768. The molecule has 0 unspecified atom stereocenters. The molecule has 0 aliphatic heterocycles. The maximum absolute atomic E-state index is 11.8. The van der Waals surface area contributed by atoms with Crippen LogP contribution in [0, 0.1) is 11.3 Å². The van der Waals surface area contributed by atoms with Gasteiger partial charge in [0.05, 0.1) is 18.1 Å². The summed E-state index contributed by atoms with van der Waals surface area (Å²) < 4.78 is 0.990. The van der Waals surface area contributed by atoms with Crippen molar-refractivity contribution in [3.63, 3.8) is 0 Å². The Morgan fingerprint density at radius 1 is 1.11 bits per heavy atom. The monoisotopic (exact) mass is 314 g/mol. The summed E-state index contributed by atoms with van der Waals surface area (Å²) in [6.45, 7) is 0. The second-order valence-corrected chi connectivity index (χ2v) is 4.96. The van der Waals surface area contributed by atoms with E-state index in [2.05, 4.69) is 21.2 Å². The summed E-state index contributed by atoms with van der Waals surface area (Å²) in [6, 6.07) is 16.5. The second kappa shape index (κ2) is 6.17. The molecular weight excluding hydrogens is 304 g/mol. The van der Waals surface area contributed by atoms with E-state index in [1.54, 1.807) is 24.3 Å². The summed E-state index contributed by atoms with van der Waals surface area (Å²) in [5.74, 6) is -0.0768. The molecule has 0 heterocycles. The second-order valence-electron chi connectivity index (χ2n) is 4.04. The van der Waals surface area contributed by atoms with E-state index < -0.39 is 0 Å². The quantitative estimate of drug-likeness (QED) is 0.942. The number of halogens is 1. The molecule has 1 N–H and O–H groups in total. The molecule has 1 amide bonds. The molecule has 0 aromatic heterocycles. The van der Waals surface area contributed by atoms with Crippen LogP contribution in [0.3, 0.4) is 0 Å². The Balaban J connectivity index is 1.97. The summed E-state index contributed by atoms with van der Waals surface area (Å²) in [7, 11) is 0. The first-order valence-corrected chi connectivity index (χ1v) is 6.51. The lowest BCUT2D eigenvalue weighted by atomic mass is 10.1. The van der Waals surface area contributed by atoms with E-state index in [1.807, 2.05) is 30.3 Å². The number of benzene rings is 2. The number of carbonyl (C=O) groups excluding carboxylic acids is 1. The van der Waals surface area contributed by atoms with Crippen LogP contribution in [0.1, 0.15) is 11.1 Å². The molecular formula is C15H11BrN2O. The number of nitriles is 1. The summed E-state index contributed by atoms with van der Waals surface area (Å²) in [6.07, 6.45) is 0.327. The summed E-state index contributed by atoms with van der Waals surface area (Å²) >= 11 is 3.35. The van der Waals surface area contributed by atoms with Crippen molar-refractivity contribution in [2.24, 2.45) is 0 Å². The number of anilines is 1. The number of hydrogen-bond acceptors (Lipinski definition) is 2. The molecule has 0 atom stereocenters. The maximum Gasteiger partial charge on any atom is 0.228 e. The number of nitrogens with one attached hydrogen (secondary N) is 1. The molecule has 2 aromatic rings. The van der Waals surface area contributed by atoms with Gasteiger partial charge in [0.1, 0.15) is 0 Å². The summed E-state index contributed by atoms with van der Waals surface area (Å²) in [5, 5.41) is 11.5. The Kier molecular flexibility index (Phi) is 4.32. The van der Waals surface area contributed by atoms with Crippen LogP contribution >= 0.6 is 15.9 Å². The van der Waals surface area contributed by atoms with Crippen molar-refractivity contribution in [2.75, 3.05) is 5.32 Å². The van der Waals surface area contributed by atoms with Crippen LogP contribution in [0.5, 0.6) is 0 Å². The first-order valence-electron chi connectivity index (χ1n) is 5.72. The Morgan fingerprint density at radius 2 is 1.74 bits per heavy atom. The fourth-order valence-electron chi connectivity index (χ4n) is 1.62. The Bertz CT molecular complexity index is 612. The largest absolute Gasteiger partial charge is 0.326 e. The first-order chi connectivity index (χ1) is 9.17. The SMILES string of the molecule is N#Cc1ccc(NC(=O)Cc2ccc(Br)cc2)cc1. The predicted octanol–water partition coefficient (Wildman–Crippen LogP) is 3.50. The van der Waals surface area contributed by atoms with Gasteiger partial charge >= 0.3 is 0 Å². The molecule has 0 bridgehead atoms. The standard InChI is InChI=1S/C15H11BrN2O/c16-13-5-1-11(2-6-13)9-15(19)18-14-7-3-12(10-17)4-8-14/h1-8H,9H2,(H,18,19). The highest BCUT2D eigenvalue weighted by Gasteiger charge is 2.04. The fraction of sp³-hybridized carbons (Fsp3) is 0.0667. The van der Waals surface area contributed by atoms with Gasteiger partial charge in [0, 0.05) is 10.2 Å². The van der Waals surface area contributed by atoms with E-state index in [9.17, 15) is 4.79 Å². The third kappa shape index (κ3) is 3.94. The Hall–Kier alpha value is -2.12. The average Bonchev–Trinajstić information content (AvgIpc) is 2.42.